The lowest BCUT2D eigenvalue weighted by molar-refractivity contribution is 0.102. The fourth-order valence-electron chi connectivity index (χ4n) is 2.68. The maximum atomic E-state index is 12.1. The van der Waals surface area contributed by atoms with E-state index in [0.29, 0.717) is 5.69 Å². The number of rotatable bonds is 3. The van der Waals surface area contributed by atoms with E-state index < -0.39 is 0 Å². The molecule has 2 aromatic rings. The highest BCUT2D eigenvalue weighted by Crippen LogP contribution is 2.22. The van der Waals surface area contributed by atoms with Crippen LogP contribution in [0.2, 0.25) is 0 Å². The molecule has 1 aromatic heterocycles. The van der Waals surface area contributed by atoms with Crippen molar-refractivity contribution in [1.29, 1.82) is 0 Å². The maximum absolute atomic E-state index is 12.1. The number of nitrogens with one attached hydrogen (secondary N) is 1. The predicted octanol–water partition coefficient (Wildman–Crippen LogP) is 3.03. The van der Waals surface area contributed by atoms with Crippen molar-refractivity contribution >= 4 is 17.3 Å². The van der Waals surface area contributed by atoms with Crippen molar-refractivity contribution in [3.63, 3.8) is 0 Å². The molecule has 1 aliphatic heterocycles. The van der Waals surface area contributed by atoms with Crippen LogP contribution in [0.1, 0.15) is 35.4 Å². The molecular formula is C17H20N4O. The third-order valence-electron chi connectivity index (χ3n) is 3.88. The van der Waals surface area contributed by atoms with Gasteiger partial charge in [-0.1, -0.05) is 0 Å². The van der Waals surface area contributed by atoms with Crippen molar-refractivity contribution in [2.75, 3.05) is 23.3 Å². The molecule has 0 atom stereocenters. The molecule has 0 unspecified atom stereocenters. The van der Waals surface area contributed by atoms with Crippen LogP contribution in [0.25, 0.3) is 0 Å². The van der Waals surface area contributed by atoms with Gasteiger partial charge in [0.05, 0.1) is 0 Å². The number of benzene rings is 1. The Morgan fingerprint density at radius 3 is 2.50 bits per heavy atom. The summed E-state index contributed by atoms with van der Waals surface area (Å²) in [4.78, 5) is 22.5. The van der Waals surface area contributed by atoms with Crippen molar-refractivity contribution in [3.05, 3.63) is 48.0 Å². The van der Waals surface area contributed by atoms with Gasteiger partial charge in [0, 0.05) is 30.2 Å². The Hall–Kier alpha value is -2.43. The molecule has 1 saturated heterocycles. The molecule has 5 nitrogen and oxygen atoms in total. The molecular weight excluding hydrogens is 276 g/mol. The summed E-state index contributed by atoms with van der Waals surface area (Å²) in [7, 11) is 0. The number of aryl methyl sites for hydroxylation is 1. The minimum absolute atomic E-state index is 0.212. The highest BCUT2D eigenvalue weighted by molar-refractivity contribution is 6.02. The van der Waals surface area contributed by atoms with Crippen LogP contribution in [-0.4, -0.2) is 29.0 Å². The first-order chi connectivity index (χ1) is 10.7. The van der Waals surface area contributed by atoms with E-state index in [4.69, 9.17) is 0 Å². The summed E-state index contributed by atoms with van der Waals surface area (Å²) in [6.45, 7) is 4.07. The summed E-state index contributed by atoms with van der Waals surface area (Å²) in [5, 5.41) is 2.87. The van der Waals surface area contributed by atoms with Crippen LogP contribution in [-0.2, 0) is 0 Å². The zero-order valence-electron chi connectivity index (χ0n) is 12.7. The molecule has 1 aromatic carbocycles. The second-order valence-electron chi connectivity index (χ2n) is 5.59. The Morgan fingerprint density at radius 2 is 1.82 bits per heavy atom. The summed E-state index contributed by atoms with van der Waals surface area (Å²) < 4.78 is 0. The van der Waals surface area contributed by atoms with E-state index in [0.717, 1.165) is 24.5 Å². The second kappa shape index (κ2) is 6.56. The zero-order valence-corrected chi connectivity index (χ0v) is 12.7. The second-order valence-corrected chi connectivity index (χ2v) is 5.59. The van der Waals surface area contributed by atoms with Crippen molar-refractivity contribution in [1.82, 2.24) is 9.97 Å². The summed E-state index contributed by atoms with van der Waals surface area (Å²) in [6, 6.07) is 9.68. The summed E-state index contributed by atoms with van der Waals surface area (Å²) in [6.07, 6.45) is 5.24. The van der Waals surface area contributed by atoms with E-state index in [-0.39, 0.29) is 5.91 Å². The molecule has 114 valence electrons. The third-order valence-corrected chi connectivity index (χ3v) is 3.88. The van der Waals surface area contributed by atoms with Crippen molar-refractivity contribution in [2.24, 2.45) is 0 Å². The Kier molecular flexibility index (Phi) is 4.32. The highest BCUT2D eigenvalue weighted by Gasteiger charge is 2.12. The molecule has 1 fully saturated rings. The number of amides is 1. The molecule has 5 heteroatoms. The summed E-state index contributed by atoms with van der Waals surface area (Å²) in [5.41, 5.74) is 3.16. The molecule has 0 saturated carbocycles. The molecule has 1 N–H and O–H groups in total. The molecule has 22 heavy (non-hydrogen) atoms. The predicted molar refractivity (Wildman–Crippen MR) is 87.2 cm³/mol. The summed E-state index contributed by atoms with van der Waals surface area (Å²) in [5.74, 6) is -0.212. The largest absolute Gasteiger partial charge is 0.372 e. The van der Waals surface area contributed by atoms with E-state index in [2.05, 4.69) is 32.3 Å². The number of carbonyl (C=O) groups excluding carboxylic acids is 1. The lowest BCUT2D eigenvalue weighted by Gasteiger charge is -2.28. The first kappa shape index (κ1) is 14.5. The number of piperidine rings is 1. The van der Waals surface area contributed by atoms with Crippen molar-refractivity contribution in [3.8, 4) is 0 Å². The summed E-state index contributed by atoms with van der Waals surface area (Å²) >= 11 is 0. The molecule has 0 bridgehead atoms. The quantitative estimate of drug-likeness (QED) is 0.946. The first-order valence-electron chi connectivity index (χ1n) is 7.67. The lowest BCUT2D eigenvalue weighted by Crippen LogP contribution is -2.29. The number of nitrogens with zero attached hydrogens (tertiary/aromatic N) is 3. The van der Waals surface area contributed by atoms with Gasteiger partial charge in [0.1, 0.15) is 12.0 Å². The Balaban J connectivity index is 1.66. The van der Waals surface area contributed by atoms with Crippen molar-refractivity contribution in [2.45, 2.75) is 26.2 Å². The van der Waals surface area contributed by atoms with Gasteiger partial charge in [-0.05, 0) is 56.5 Å². The van der Waals surface area contributed by atoms with Crippen LogP contribution in [0.4, 0.5) is 11.4 Å². The van der Waals surface area contributed by atoms with Gasteiger partial charge in [0.25, 0.3) is 5.91 Å². The van der Waals surface area contributed by atoms with E-state index in [1.807, 2.05) is 19.1 Å². The Labute approximate surface area is 130 Å². The normalized spacial score (nSPS) is 14.7. The fraction of sp³-hybridized carbons (Fsp3) is 0.353. The minimum atomic E-state index is -0.212. The van der Waals surface area contributed by atoms with Crippen LogP contribution in [0.15, 0.2) is 36.7 Å². The van der Waals surface area contributed by atoms with Crippen LogP contribution >= 0.6 is 0 Å². The lowest BCUT2D eigenvalue weighted by atomic mass is 10.1. The van der Waals surface area contributed by atoms with Gasteiger partial charge in [-0.25, -0.2) is 9.97 Å². The topological polar surface area (TPSA) is 58.1 Å². The minimum Gasteiger partial charge on any atom is -0.372 e. The van der Waals surface area contributed by atoms with E-state index in [9.17, 15) is 4.79 Å². The molecule has 0 aliphatic carbocycles. The van der Waals surface area contributed by atoms with Crippen LogP contribution in [0.5, 0.6) is 0 Å². The average molecular weight is 296 g/mol. The molecule has 1 amide bonds. The number of anilines is 2. The highest BCUT2D eigenvalue weighted by atomic mass is 16.1. The van der Waals surface area contributed by atoms with Gasteiger partial charge in [-0.15, -0.1) is 0 Å². The number of hydrogen-bond donors (Lipinski definition) is 1. The van der Waals surface area contributed by atoms with Crippen LogP contribution in [0.3, 0.4) is 0 Å². The molecule has 1 aliphatic rings. The number of aromatic nitrogens is 2. The Morgan fingerprint density at radius 1 is 1.09 bits per heavy atom. The molecule has 2 heterocycles. The average Bonchev–Trinajstić information content (AvgIpc) is 2.56. The van der Waals surface area contributed by atoms with Gasteiger partial charge in [-0.3, -0.25) is 4.79 Å². The smallest absolute Gasteiger partial charge is 0.274 e. The van der Waals surface area contributed by atoms with E-state index >= 15 is 0 Å². The van der Waals surface area contributed by atoms with Gasteiger partial charge < -0.3 is 10.2 Å². The SMILES string of the molecule is Cc1cc(C(=O)Nc2ccc(N3CCCCC3)cc2)ncn1. The molecule has 0 spiro atoms. The third kappa shape index (κ3) is 3.42. The van der Waals surface area contributed by atoms with Gasteiger partial charge >= 0.3 is 0 Å². The Bertz CT molecular complexity index is 648. The standard InChI is InChI=1S/C17H20N4O/c1-13-11-16(19-12-18-13)17(22)20-14-5-7-15(8-6-14)21-9-3-2-4-10-21/h5-8,11-12H,2-4,9-10H2,1H3,(H,20,22). The van der Waals surface area contributed by atoms with Crippen molar-refractivity contribution < 1.29 is 4.79 Å². The van der Waals surface area contributed by atoms with E-state index in [1.165, 1.54) is 31.3 Å². The monoisotopic (exact) mass is 296 g/mol. The van der Waals surface area contributed by atoms with Gasteiger partial charge in [0.15, 0.2) is 0 Å². The number of hydrogen-bond acceptors (Lipinski definition) is 4. The first-order valence-corrected chi connectivity index (χ1v) is 7.67. The van der Waals surface area contributed by atoms with Crippen LogP contribution < -0.4 is 10.2 Å². The van der Waals surface area contributed by atoms with Gasteiger partial charge in [-0.2, -0.15) is 0 Å². The number of carbonyl (C=O) groups is 1. The zero-order chi connectivity index (χ0) is 15.4. The van der Waals surface area contributed by atoms with Gasteiger partial charge in [0.2, 0.25) is 0 Å². The molecule has 3 rings (SSSR count). The fourth-order valence-corrected chi connectivity index (χ4v) is 2.68. The maximum Gasteiger partial charge on any atom is 0.274 e. The van der Waals surface area contributed by atoms with E-state index in [1.54, 1.807) is 6.07 Å². The van der Waals surface area contributed by atoms with Crippen LogP contribution in [0, 0.1) is 6.92 Å². The molecule has 0 radical (unpaired) electrons.